The first-order valence-corrected chi connectivity index (χ1v) is 10.1. The molecule has 2 rings (SSSR count). The minimum atomic E-state index is -0.620. The molecule has 8 heteroatoms. The molecule has 1 amide bonds. The summed E-state index contributed by atoms with van der Waals surface area (Å²) in [5.74, 6) is -0.204. The average molecular weight is 400 g/mol. The van der Waals surface area contributed by atoms with Gasteiger partial charge in [-0.15, -0.1) is 0 Å². The summed E-state index contributed by atoms with van der Waals surface area (Å²) < 4.78 is 10.7. The third-order valence-electron chi connectivity index (χ3n) is 4.80. The molecule has 0 aromatic rings. The van der Waals surface area contributed by atoms with Crippen LogP contribution in [0.5, 0.6) is 0 Å². The molecule has 7 nitrogen and oxygen atoms in total. The Morgan fingerprint density at radius 3 is 2.41 bits per heavy atom. The molecule has 2 aliphatic rings. The van der Waals surface area contributed by atoms with E-state index < -0.39 is 11.0 Å². The van der Waals surface area contributed by atoms with Crippen LogP contribution in [0.25, 0.3) is 0 Å². The van der Waals surface area contributed by atoms with Crippen molar-refractivity contribution in [2.75, 3.05) is 39.3 Å². The van der Waals surface area contributed by atoms with Crippen LogP contribution in [-0.4, -0.2) is 82.8 Å². The van der Waals surface area contributed by atoms with E-state index >= 15 is 0 Å². The van der Waals surface area contributed by atoms with Crippen molar-refractivity contribution in [2.24, 2.45) is 5.41 Å². The van der Waals surface area contributed by atoms with Crippen LogP contribution in [-0.2, 0) is 14.3 Å². The first-order chi connectivity index (χ1) is 12.4. The number of hydrogen-bond donors (Lipinski definition) is 0. The Hall–Kier alpha value is -1.57. The number of piperazine rings is 1. The van der Waals surface area contributed by atoms with Crippen molar-refractivity contribution in [2.45, 2.75) is 59.6 Å². The summed E-state index contributed by atoms with van der Waals surface area (Å²) in [4.78, 5) is 30.6. The van der Waals surface area contributed by atoms with Crippen LogP contribution in [0.15, 0.2) is 0 Å². The number of amides is 1. The molecule has 27 heavy (non-hydrogen) atoms. The van der Waals surface area contributed by atoms with Gasteiger partial charge in [0.1, 0.15) is 5.60 Å². The molecule has 0 aromatic carbocycles. The molecule has 2 fully saturated rings. The molecule has 0 N–H and O–H groups in total. The largest absolute Gasteiger partial charge is 0.466 e. The number of rotatable bonds is 4. The molecule has 1 unspecified atom stereocenters. The van der Waals surface area contributed by atoms with E-state index in [0.717, 1.165) is 18.1 Å². The van der Waals surface area contributed by atoms with E-state index in [-0.39, 0.29) is 18.1 Å². The highest BCUT2D eigenvalue weighted by molar-refractivity contribution is 7.80. The van der Waals surface area contributed by atoms with Gasteiger partial charge in [-0.25, -0.2) is 4.79 Å². The minimum Gasteiger partial charge on any atom is -0.466 e. The zero-order valence-corrected chi connectivity index (χ0v) is 18.2. The zero-order valence-electron chi connectivity index (χ0n) is 17.4. The summed E-state index contributed by atoms with van der Waals surface area (Å²) in [6.07, 6.45) is 0.622. The minimum absolute atomic E-state index is 0.195. The standard InChI is InChI=1S/C19H33N3O4S/c1-7-25-15(23)19(5,6)13-21-9-8-14-12-20(10-11-22(14)16(21)27)17(24)26-18(2,3)4/h14H,7-13H2,1-6H3. The van der Waals surface area contributed by atoms with Gasteiger partial charge in [-0.2, -0.15) is 0 Å². The molecule has 0 bridgehead atoms. The fraction of sp³-hybridized carbons (Fsp3) is 0.842. The van der Waals surface area contributed by atoms with Gasteiger partial charge in [0.2, 0.25) is 0 Å². The highest BCUT2D eigenvalue weighted by atomic mass is 32.1. The van der Waals surface area contributed by atoms with E-state index in [1.165, 1.54) is 0 Å². The monoisotopic (exact) mass is 399 g/mol. The van der Waals surface area contributed by atoms with Gasteiger partial charge >= 0.3 is 12.1 Å². The number of fused-ring (bicyclic) bond motifs is 1. The number of hydrogen-bond acceptors (Lipinski definition) is 5. The van der Waals surface area contributed by atoms with Crippen LogP contribution in [0.1, 0.15) is 48.0 Å². The lowest BCUT2D eigenvalue weighted by atomic mass is 9.92. The molecule has 0 radical (unpaired) electrons. The van der Waals surface area contributed by atoms with Crippen molar-refractivity contribution in [3.05, 3.63) is 0 Å². The van der Waals surface area contributed by atoms with Crippen molar-refractivity contribution in [3.8, 4) is 0 Å². The molecule has 2 aliphatic heterocycles. The van der Waals surface area contributed by atoms with E-state index in [9.17, 15) is 9.59 Å². The molecular weight excluding hydrogens is 366 g/mol. The second kappa shape index (κ2) is 8.20. The summed E-state index contributed by atoms with van der Waals surface area (Å²) in [6, 6.07) is 0.195. The van der Waals surface area contributed by atoms with Crippen molar-refractivity contribution >= 4 is 29.4 Å². The van der Waals surface area contributed by atoms with E-state index in [4.69, 9.17) is 21.7 Å². The average Bonchev–Trinajstić information content (AvgIpc) is 2.55. The number of carbonyl (C=O) groups is 2. The lowest BCUT2D eigenvalue weighted by molar-refractivity contribution is -0.154. The maximum atomic E-state index is 12.3. The SMILES string of the molecule is CCOC(=O)C(C)(C)CN1CCC2CN(C(=O)OC(C)(C)C)CCN2C1=S. The zero-order chi connectivity index (χ0) is 20.4. The molecule has 1 atom stereocenters. The smallest absolute Gasteiger partial charge is 0.410 e. The lowest BCUT2D eigenvalue weighted by Gasteiger charge is -2.50. The predicted molar refractivity (Wildman–Crippen MR) is 108 cm³/mol. The molecule has 2 heterocycles. The van der Waals surface area contributed by atoms with Crippen molar-refractivity contribution in [1.82, 2.24) is 14.7 Å². The predicted octanol–water partition coefficient (Wildman–Crippen LogP) is 2.49. The van der Waals surface area contributed by atoms with Crippen LogP contribution >= 0.6 is 12.2 Å². The van der Waals surface area contributed by atoms with Crippen molar-refractivity contribution in [3.63, 3.8) is 0 Å². The second-order valence-electron chi connectivity index (χ2n) is 8.87. The summed E-state index contributed by atoms with van der Waals surface area (Å²) >= 11 is 5.70. The number of nitrogens with zero attached hydrogens (tertiary/aromatic N) is 3. The lowest BCUT2D eigenvalue weighted by Crippen LogP contribution is -2.64. The van der Waals surface area contributed by atoms with Gasteiger partial charge < -0.3 is 24.2 Å². The molecular formula is C19H33N3O4S. The number of carbonyl (C=O) groups excluding carboxylic acids is 2. The maximum absolute atomic E-state index is 12.3. The maximum Gasteiger partial charge on any atom is 0.410 e. The topological polar surface area (TPSA) is 62.3 Å². The molecule has 154 valence electrons. The third kappa shape index (κ3) is 5.46. The van der Waals surface area contributed by atoms with Gasteiger partial charge in [-0.1, -0.05) is 0 Å². The van der Waals surface area contributed by atoms with E-state index in [0.29, 0.717) is 32.8 Å². The fourth-order valence-corrected chi connectivity index (χ4v) is 3.84. The number of thiocarbonyl (C=S) groups is 1. The van der Waals surface area contributed by atoms with Gasteiger partial charge in [0.15, 0.2) is 5.11 Å². The van der Waals surface area contributed by atoms with Gasteiger partial charge in [-0.05, 0) is 60.2 Å². The molecule has 0 saturated carbocycles. The molecule has 0 spiro atoms. The van der Waals surface area contributed by atoms with Gasteiger partial charge in [-0.3, -0.25) is 4.79 Å². The van der Waals surface area contributed by atoms with E-state index in [1.54, 1.807) is 4.90 Å². The van der Waals surface area contributed by atoms with Gasteiger partial charge in [0.25, 0.3) is 0 Å². The van der Waals surface area contributed by atoms with Crippen LogP contribution in [0.4, 0.5) is 4.79 Å². The van der Waals surface area contributed by atoms with Crippen molar-refractivity contribution in [1.29, 1.82) is 0 Å². The van der Waals surface area contributed by atoms with Crippen LogP contribution in [0, 0.1) is 5.41 Å². The van der Waals surface area contributed by atoms with Crippen LogP contribution < -0.4 is 0 Å². The Kier molecular flexibility index (Phi) is 6.60. The first kappa shape index (κ1) is 21.7. The Balaban J connectivity index is 1.96. The first-order valence-electron chi connectivity index (χ1n) is 9.65. The molecule has 0 aliphatic carbocycles. The van der Waals surface area contributed by atoms with Crippen LogP contribution in [0.2, 0.25) is 0 Å². The highest BCUT2D eigenvalue weighted by Gasteiger charge is 2.40. The molecule has 2 saturated heterocycles. The Morgan fingerprint density at radius 2 is 1.81 bits per heavy atom. The van der Waals surface area contributed by atoms with Crippen LogP contribution in [0.3, 0.4) is 0 Å². The Labute approximate surface area is 167 Å². The van der Waals surface area contributed by atoms with E-state index in [2.05, 4.69) is 9.80 Å². The highest BCUT2D eigenvalue weighted by Crippen LogP contribution is 2.26. The summed E-state index contributed by atoms with van der Waals surface area (Å²) in [5.41, 5.74) is -1.11. The quantitative estimate of drug-likeness (QED) is 0.532. The Bertz CT molecular complexity index is 588. The number of ether oxygens (including phenoxy) is 2. The van der Waals surface area contributed by atoms with Gasteiger partial charge in [0, 0.05) is 32.7 Å². The third-order valence-corrected chi connectivity index (χ3v) is 5.29. The van der Waals surface area contributed by atoms with Gasteiger partial charge in [0.05, 0.1) is 18.1 Å². The Morgan fingerprint density at radius 1 is 1.15 bits per heavy atom. The van der Waals surface area contributed by atoms with E-state index in [1.807, 2.05) is 41.5 Å². The summed E-state index contributed by atoms with van der Waals surface area (Å²) in [7, 11) is 0. The van der Waals surface area contributed by atoms with Crippen molar-refractivity contribution < 1.29 is 19.1 Å². The molecule has 0 aromatic heterocycles. The normalized spacial score (nSPS) is 21.0. The second-order valence-corrected chi connectivity index (χ2v) is 9.24. The summed E-state index contributed by atoms with van der Waals surface area (Å²) in [5, 5.41) is 0.757. The fourth-order valence-electron chi connectivity index (χ4n) is 3.44. The number of esters is 1. The summed E-state index contributed by atoms with van der Waals surface area (Å²) in [6.45, 7) is 14.8.